The molecule has 2 rings (SSSR count). The first-order chi connectivity index (χ1) is 9.58. The quantitative estimate of drug-likeness (QED) is 0.913. The number of carboxylic acids is 1. The third kappa shape index (κ3) is 3.66. The number of carbonyl (C=O) groups excluding carboxylic acids is 1. The molecular formula is C14H17NO4S. The van der Waals surface area contributed by atoms with E-state index in [2.05, 4.69) is 0 Å². The Bertz CT molecular complexity index is 538. The Hall–Kier alpha value is -1.69. The maximum atomic E-state index is 12.1. The molecule has 1 aliphatic heterocycles. The summed E-state index contributed by atoms with van der Waals surface area (Å²) in [5, 5.41) is 8.90. The first kappa shape index (κ1) is 14.7. The summed E-state index contributed by atoms with van der Waals surface area (Å²) in [6.45, 7) is 1.45. The minimum absolute atomic E-state index is 0.0803. The van der Waals surface area contributed by atoms with Crippen molar-refractivity contribution in [1.29, 1.82) is 0 Å². The third-order valence-electron chi connectivity index (χ3n) is 3.31. The van der Waals surface area contributed by atoms with Crippen LogP contribution in [0.1, 0.15) is 29.6 Å². The van der Waals surface area contributed by atoms with Crippen molar-refractivity contribution in [3.63, 3.8) is 0 Å². The average Bonchev–Trinajstić information content (AvgIpc) is 2.48. The predicted molar refractivity (Wildman–Crippen MR) is 75.1 cm³/mol. The van der Waals surface area contributed by atoms with Crippen molar-refractivity contribution >= 4 is 22.7 Å². The largest absolute Gasteiger partial charge is 0.478 e. The first-order valence-electron chi connectivity index (χ1n) is 6.57. The van der Waals surface area contributed by atoms with Crippen LogP contribution in [0, 0.1) is 0 Å². The second-order valence-electron chi connectivity index (χ2n) is 4.76. The molecule has 1 N–H and O–H groups in total. The van der Waals surface area contributed by atoms with E-state index in [0.717, 1.165) is 32.4 Å². The van der Waals surface area contributed by atoms with E-state index >= 15 is 0 Å². The van der Waals surface area contributed by atoms with Crippen LogP contribution in [0.25, 0.3) is 0 Å². The number of amides is 1. The summed E-state index contributed by atoms with van der Waals surface area (Å²) in [6, 6.07) is 5.94. The number of nitrogens with zero attached hydrogens (tertiary/aromatic N) is 1. The van der Waals surface area contributed by atoms with Crippen LogP contribution in [0.15, 0.2) is 29.2 Å². The fourth-order valence-electron chi connectivity index (χ4n) is 2.20. The Morgan fingerprint density at radius 3 is 2.55 bits per heavy atom. The molecule has 5 nitrogen and oxygen atoms in total. The van der Waals surface area contributed by atoms with Crippen LogP contribution < -0.4 is 0 Å². The lowest BCUT2D eigenvalue weighted by molar-refractivity contribution is -0.129. The van der Waals surface area contributed by atoms with Gasteiger partial charge in [0.15, 0.2) is 0 Å². The summed E-state index contributed by atoms with van der Waals surface area (Å²) in [7, 11) is -1.50. The monoisotopic (exact) mass is 295 g/mol. The van der Waals surface area contributed by atoms with Crippen molar-refractivity contribution in [2.45, 2.75) is 24.2 Å². The van der Waals surface area contributed by atoms with E-state index in [1.165, 1.54) is 12.1 Å². The van der Waals surface area contributed by atoms with Crippen LogP contribution >= 0.6 is 0 Å². The smallest absolute Gasteiger partial charge is 0.335 e. The molecule has 0 saturated carbocycles. The summed E-state index contributed by atoms with van der Waals surface area (Å²) < 4.78 is 12.1. The fraction of sp³-hybridized carbons (Fsp3) is 0.429. The lowest BCUT2D eigenvalue weighted by Gasteiger charge is -2.26. The number of hydrogen-bond donors (Lipinski definition) is 1. The van der Waals surface area contributed by atoms with Crippen LogP contribution in [0.5, 0.6) is 0 Å². The summed E-state index contributed by atoms with van der Waals surface area (Å²) >= 11 is 0. The van der Waals surface area contributed by atoms with Gasteiger partial charge in [0, 0.05) is 18.0 Å². The zero-order valence-electron chi connectivity index (χ0n) is 11.1. The van der Waals surface area contributed by atoms with E-state index < -0.39 is 16.8 Å². The van der Waals surface area contributed by atoms with Gasteiger partial charge in [0.1, 0.15) is 5.75 Å². The average molecular weight is 295 g/mol. The third-order valence-corrected chi connectivity index (χ3v) is 4.60. The van der Waals surface area contributed by atoms with E-state index in [9.17, 15) is 13.8 Å². The normalized spacial score (nSPS) is 16.7. The zero-order chi connectivity index (χ0) is 14.5. The summed E-state index contributed by atoms with van der Waals surface area (Å²) in [5.41, 5.74) is 0.0845. The van der Waals surface area contributed by atoms with Gasteiger partial charge in [0.2, 0.25) is 5.91 Å². The van der Waals surface area contributed by atoms with E-state index in [1.54, 1.807) is 17.0 Å². The molecule has 1 fully saturated rings. The minimum Gasteiger partial charge on any atom is -0.478 e. The van der Waals surface area contributed by atoms with Gasteiger partial charge >= 0.3 is 5.97 Å². The standard InChI is InChI=1S/C14H17NO4S/c16-13(15-7-2-1-3-8-15)10-20(19)12-6-4-5-11(9-12)14(17)18/h4-6,9H,1-3,7-8,10H2,(H,17,18). The second-order valence-corrected chi connectivity index (χ2v) is 6.22. The summed E-state index contributed by atoms with van der Waals surface area (Å²) in [5.74, 6) is -1.27. The van der Waals surface area contributed by atoms with E-state index in [-0.39, 0.29) is 17.2 Å². The predicted octanol–water partition coefficient (Wildman–Crippen LogP) is 1.50. The van der Waals surface area contributed by atoms with Crippen LogP contribution in [0.4, 0.5) is 0 Å². The Kier molecular flexibility index (Phi) is 4.89. The Labute approximate surface area is 120 Å². The molecule has 108 valence electrons. The molecule has 1 atom stereocenters. The number of aromatic carboxylic acids is 1. The van der Waals surface area contributed by atoms with E-state index in [4.69, 9.17) is 5.11 Å². The molecule has 1 aromatic rings. The molecule has 1 saturated heterocycles. The molecule has 0 spiro atoms. The van der Waals surface area contributed by atoms with Gasteiger partial charge in [-0.3, -0.25) is 9.00 Å². The number of benzene rings is 1. The molecule has 1 unspecified atom stereocenters. The molecule has 0 radical (unpaired) electrons. The SMILES string of the molecule is O=C(O)c1cccc(S(=O)CC(=O)N2CCCCC2)c1. The lowest BCUT2D eigenvalue weighted by Crippen LogP contribution is -2.38. The van der Waals surface area contributed by atoms with Gasteiger partial charge < -0.3 is 10.0 Å². The highest BCUT2D eigenvalue weighted by molar-refractivity contribution is 7.85. The van der Waals surface area contributed by atoms with Crippen molar-refractivity contribution in [3.05, 3.63) is 29.8 Å². The highest BCUT2D eigenvalue weighted by Gasteiger charge is 2.19. The molecule has 6 heteroatoms. The summed E-state index contributed by atoms with van der Waals surface area (Å²) in [4.78, 5) is 25.0. The van der Waals surface area contributed by atoms with Gasteiger partial charge in [-0.2, -0.15) is 0 Å². The number of carbonyl (C=O) groups is 2. The summed E-state index contributed by atoms with van der Waals surface area (Å²) in [6.07, 6.45) is 3.12. The first-order valence-corrected chi connectivity index (χ1v) is 7.89. The molecule has 0 aliphatic carbocycles. The molecule has 1 amide bonds. The topological polar surface area (TPSA) is 74.7 Å². The van der Waals surface area contributed by atoms with Gasteiger partial charge in [0.25, 0.3) is 0 Å². The minimum atomic E-state index is -1.50. The number of carboxylic acid groups (broad SMARTS) is 1. The highest BCUT2D eigenvalue weighted by Crippen LogP contribution is 2.13. The molecular weight excluding hydrogens is 278 g/mol. The Morgan fingerprint density at radius 1 is 1.20 bits per heavy atom. The van der Waals surface area contributed by atoms with Crippen LogP contribution in [-0.4, -0.2) is 44.9 Å². The van der Waals surface area contributed by atoms with Crippen molar-refractivity contribution in [3.8, 4) is 0 Å². The van der Waals surface area contributed by atoms with Crippen molar-refractivity contribution in [1.82, 2.24) is 4.90 Å². The van der Waals surface area contributed by atoms with Gasteiger partial charge in [-0.05, 0) is 37.5 Å². The van der Waals surface area contributed by atoms with Crippen molar-refractivity contribution < 1.29 is 18.9 Å². The number of piperidine rings is 1. The number of hydrogen-bond acceptors (Lipinski definition) is 3. The van der Waals surface area contributed by atoms with E-state index in [1.807, 2.05) is 0 Å². The Balaban J connectivity index is 2.02. The highest BCUT2D eigenvalue weighted by atomic mass is 32.2. The Morgan fingerprint density at radius 2 is 1.90 bits per heavy atom. The van der Waals surface area contributed by atoms with Crippen molar-refractivity contribution in [2.24, 2.45) is 0 Å². The lowest BCUT2D eigenvalue weighted by atomic mass is 10.1. The van der Waals surface area contributed by atoms with Gasteiger partial charge in [-0.1, -0.05) is 6.07 Å². The maximum absolute atomic E-state index is 12.1. The molecule has 0 bridgehead atoms. The van der Waals surface area contributed by atoms with Crippen molar-refractivity contribution in [2.75, 3.05) is 18.8 Å². The van der Waals surface area contributed by atoms with Gasteiger partial charge in [0.05, 0.1) is 16.4 Å². The molecule has 20 heavy (non-hydrogen) atoms. The molecule has 0 aromatic heterocycles. The van der Waals surface area contributed by atoms with Gasteiger partial charge in [-0.25, -0.2) is 4.79 Å². The molecule has 1 heterocycles. The second kappa shape index (κ2) is 6.65. The zero-order valence-corrected chi connectivity index (χ0v) is 11.9. The van der Waals surface area contributed by atoms with Crippen LogP contribution in [0.3, 0.4) is 0 Å². The molecule has 1 aromatic carbocycles. The number of rotatable bonds is 4. The fourth-order valence-corrected chi connectivity index (χ4v) is 3.26. The number of likely N-dealkylation sites (tertiary alicyclic amines) is 1. The van der Waals surface area contributed by atoms with E-state index in [0.29, 0.717) is 4.90 Å². The van der Waals surface area contributed by atoms with Crippen LogP contribution in [-0.2, 0) is 15.6 Å². The van der Waals surface area contributed by atoms with Gasteiger partial charge in [-0.15, -0.1) is 0 Å². The maximum Gasteiger partial charge on any atom is 0.335 e. The van der Waals surface area contributed by atoms with Crippen LogP contribution in [0.2, 0.25) is 0 Å². The molecule has 1 aliphatic rings.